The summed E-state index contributed by atoms with van der Waals surface area (Å²) in [4.78, 5) is 14.2. The van der Waals surface area contributed by atoms with Crippen molar-refractivity contribution in [3.8, 4) is 0 Å². The van der Waals surface area contributed by atoms with Gasteiger partial charge in [-0.1, -0.05) is 6.07 Å². The van der Waals surface area contributed by atoms with E-state index in [2.05, 4.69) is 0 Å². The average molecular weight is 232 g/mol. The molecule has 0 aliphatic rings. The molecule has 78 valence electrons. The highest BCUT2D eigenvalue weighted by Gasteiger charge is 2.12. The van der Waals surface area contributed by atoms with Gasteiger partial charge in [0.2, 0.25) is 0 Å². The first kappa shape index (κ1) is 11.5. The van der Waals surface area contributed by atoms with Crippen molar-refractivity contribution in [2.75, 3.05) is 13.6 Å². The second kappa shape index (κ2) is 5.37. The van der Waals surface area contributed by atoms with E-state index in [0.29, 0.717) is 6.54 Å². The largest absolute Gasteiger partial charge is 0.341 e. The number of nitrogens with zero attached hydrogens (tertiary/aromatic N) is 1. The minimum absolute atomic E-state index is 0.0808. The molecule has 1 aromatic rings. The second-order valence-corrected chi connectivity index (χ2v) is 4.97. The fourth-order valence-electron chi connectivity index (χ4n) is 1.06. The van der Waals surface area contributed by atoms with Crippen LogP contribution in [0.3, 0.4) is 0 Å². The lowest BCUT2D eigenvalue weighted by Gasteiger charge is -2.16. The molecule has 0 aliphatic heterocycles. The molecular weight excluding hydrogens is 218 g/mol. The molecule has 2 nitrogen and oxygen atoms in total. The lowest BCUT2D eigenvalue weighted by molar-refractivity contribution is 0.0798. The summed E-state index contributed by atoms with van der Waals surface area (Å²) in [5.41, 5.74) is 0. The van der Waals surface area contributed by atoms with Gasteiger partial charge >= 0.3 is 0 Å². The molecule has 0 saturated carbocycles. The molecule has 14 heavy (non-hydrogen) atoms. The average Bonchev–Trinajstić information content (AvgIpc) is 2.65. The van der Waals surface area contributed by atoms with Crippen LogP contribution in [0.1, 0.15) is 23.0 Å². The van der Waals surface area contributed by atoms with Gasteiger partial charge in [0.25, 0.3) is 5.91 Å². The highest BCUT2D eigenvalue weighted by Crippen LogP contribution is 2.12. The summed E-state index contributed by atoms with van der Waals surface area (Å²) < 4.78 is 0. The van der Waals surface area contributed by atoms with Crippen LogP contribution in [0, 0.1) is 0 Å². The van der Waals surface area contributed by atoms with Crippen LogP contribution in [0.15, 0.2) is 17.5 Å². The Kier molecular flexibility index (Phi) is 4.42. The minimum atomic E-state index is 0.0808. The molecule has 0 saturated heterocycles. The molecule has 0 aliphatic carbocycles. The predicted molar refractivity (Wildman–Crippen MR) is 61.2 cm³/mol. The maximum Gasteiger partial charge on any atom is 0.263 e. The molecule has 1 rings (SSSR count). The SMILES string of the molecule is CC(Cl)CCN(C)C(=O)c1cccs1. The molecule has 0 fully saturated rings. The Hall–Kier alpha value is -0.540. The number of carbonyl (C=O) groups is 1. The zero-order valence-corrected chi connectivity index (χ0v) is 9.94. The van der Waals surface area contributed by atoms with Gasteiger partial charge in [0.05, 0.1) is 4.88 Å². The van der Waals surface area contributed by atoms with E-state index >= 15 is 0 Å². The molecular formula is C10H14ClNOS. The van der Waals surface area contributed by atoms with Gasteiger partial charge < -0.3 is 4.90 Å². The third-order valence-corrected chi connectivity index (χ3v) is 3.02. The van der Waals surface area contributed by atoms with Crippen molar-refractivity contribution >= 4 is 28.8 Å². The Morgan fingerprint density at radius 2 is 2.43 bits per heavy atom. The number of rotatable bonds is 4. The number of hydrogen-bond donors (Lipinski definition) is 0. The van der Waals surface area contributed by atoms with Crippen LogP contribution in [-0.4, -0.2) is 29.8 Å². The second-order valence-electron chi connectivity index (χ2n) is 3.27. The number of amides is 1. The van der Waals surface area contributed by atoms with Crippen molar-refractivity contribution in [2.45, 2.75) is 18.7 Å². The van der Waals surface area contributed by atoms with Gasteiger partial charge in [-0.15, -0.1) is 22.9 Å². The normalized spacial score (nSPS) is 12.5. The first-order chi connectivity index (χ1) is 6.61. The fourth-order valence-corrected chi connectivity index (χ4v) is 1.88. The molecule has 1 aromatic heterocycles. The van der Waals surface area contributed by atoms with Crippen LogP contribution < -0.4 is 0 Å². The lowest BCUT2D eigenvalue weighted by Crippen LogP contribution is -2.28. The van der Waals surface area contributed by atoms with Gasteiger partial charge in [0.1, 0.15) is 0 Å². The van der Waals surface area contributed by atoms with Gasteiger partial charge in [0.15, 0.2) is 0 Å². The molecule has 0 radical (unpaired) electrons. The Morgan fingerprint density at radius 1 is 1.71 bits per heavy atom. The van der Waals surface area contributed by atoms with E-state index in [-0.39, 0.29) is 11.3 Å². The number of thiophene rings is 1. The molecule has 1 heterocycles. The predicted octanol–water partition coefficient (Wildman–Crippen LogP) is 2.84. The number of hydrogen-bond acceptors (Lipinski definition) is 2. The molecule has 0 spiro atoms. The van der Waals surface area contributed by atoms with E-state index in [1.807, 2.05) is 24.4 Å². The topological polar surface area (TPSA) is 20.3 Å². The van der Waals surface area contributed by atoms with Crippen LogP contribution in [-0.2, 0) is 0 Å². The summed E-state index contributed by atoms with van der Waals surface area (Å²) in [6.07, 6.45) is 0.829. The van der Waals surface area contributed by atoms with Crippen molar-refractivity contribution in [2.24, 2.45) is 0 Å². The van der Waals surface area contributed by atoms with Crippen LogP contribution in [0.5, 0.6) is 0 Å². The molecule has 0 N–H and O–H groups in total. The quantitative estimate of drug-likeness (QED) is 0.730. The number of halogens is 1. The zero-order valence-electron chi connectivity index (χ0n) is 8.37. The summed E-state index contributed by atoms with van der Waals surface area (Å²) in [5.74, 6) is 0.0808. The molecule has 1 atom stereocenters. The van der Waals surface area contributed by atoms with E-state index in [0.717, 1.165) is 11.3 Å². The van der Waals surface area contributed by atoms with Gasteiger partial charge in [-0.2, -0.15) is 0 Å². The Morgan fingerprint density at radius 3 is 2.93 bits per heavy atom. The maximum absolute atomic E-state index is 11.7. The van der Waals surface area contributed by atoms with Crippen LogP contribution in [0.2, 0.25) is 0 Å². The Labute approximate surface area is 93.5 Å². The minimum Gasteiger partial charge on any atom is -0.341 e. The van der Waals surface area contributed by atoms with E-state index in [4.69, 9.17) is 11.6 Å². The molecule has 1 unspecified atom stereocenters. The Balaban J connectivity index is 2.45. The van der Waals surface area contributed by atoms with Crippen LogP contribution >= 0.6 is 22.9 Å². The summed E-state index contributed by atoms with van der Waals surface area (Å²) >= 11 is 7.29. The lowest BCUT2D eigenvalue weighted by atomic mass is 10.3. The number of alkyl halides is 1. The Bertz CT molecular complexity index is 284. The van der Waals surface area contributed by atoms with Crippen LogP contribution in [0.4, 0.5) is 0 Å². The van der Waals surface area contributed by atoms with Crippen LogP contribution in [0.25, 0.3) is 0 Å². The fraction of sp³-hybridized carbons (Fsp3) is 0.500. The third-order valence-electron chi connectivity index (χ3n) is 1.94. The zero-order chi connectivity index (χ0) is 10.6. The van der Waals surface area contributed by atoms with Gasteiger partial charge in [-0.3, -0.25) is 4.79 Å². The van der Waals surface area contributed by atoms with Gasteiger partial charge in [0, 0.05) is 19.0 Å². The highest BCUT2D eigenvalue weighted by molar-refractivity contribution is 7.12. The van der Waals surface area contributed by atoms with Gasteiger partial charge in [-0.25, -0.2) is 0 Å². The standard InChI is InChI=1S/C10H14ClNOS/c1-8(11)5-6-12(2)10(13)9-4-3-7-14-9/h3-4,7-8H,5-6H2,1-2H3. The smallest absolute Gasteiger partial charge is 0.263 e. The van der Waals surface area contributed by atoms with E-state index < -0.39 is 0 Å². The highest BCUT2D eigenvalue weighted by atomic mass is 35.5. The van der Waals surface area contributed by atoms with E-state index in [1.54, 1.807) is 11.9 Å². The van der Waals surface area contributed by atoms with E-state index in [1.165, 1.54) is 11.3 Å². The van der Waals surface area contributed by atoms with Crippen molar-refractivity contribution < 1.29 is 4.79 Å². The summed E-state index contributed by atoms with van der Waals surface area (Å²) in [6.45, 7) is 2.65. The third kappa shape index (κ3) is 3.31. The molecule has 4 heteroatoms. The van der Waals surface area contributed by atoms with E-state index in [9.17, 15) is 4.79 Å². The molecule has 1 amide bonds. The molecule has 0 bridgehead atoms. The first-order valence-corrected chi connectivity index (χ1v) is 5.86. The summed E-state index contributed by atoms with van der Waals surface area (Å²) in [7, 11) is 1.81. The maximum atomic E-state index is 11.7. The van der Waals surface area contributed by atoms with Crippen molar-refractivity contribution in [3.63, 3.8) is 0 Å². The molecule has 0 aromatic carbocycles. The monoisotopic (exact) mass is 231 g/mol. The van der Waals surface area contributed by atoms with Crippen molar-refractivity contribution in [3.05, 3.63) is 22.4 Å². The van der Waals surface area contributed by atoms with Crippen molar-refractivity contribution in [1.29, 1.82) is 0 Å². The van der Waals surface area contributed by atoms with Gasteiger partial charge in [-0.05, 0) is 24.8 Å². The first-order valence-electron chi connectivity index (χ1n) is 4.54. The summed E-state index contributed by atoms with van der Waals surface area (Å²) in [6, 6.07) is 3.73. The number of carbonyl (C=O) groups excluding carboxylic acids is 1. The van der Waals surface area contributed by atoms with Crippen molar-refractivity contribution in [1.82, 2.24) is 4.90 Å². The summed E-state index contributed by atoms with van der Waals surface area (Å²) in [5, 5.41) is 2.03.